The van der Waals surface area contributed by atoms with Crippen LogP contribution in [0.2, 0.25) is 0 Å². The smallest absolute Gasteiger partial charge is 0.317 e. The molecule has 0 aliphatic carbocycles. The Hall–Kier alpha value is -1.10. The molecule has 0 atom stereocenters. The first-order valence-corrected chi connectivity index (χ1v) is 6.36. The van der Waals surface area contributed by atoms with E-state index in [9.17, 15) is 9.59 Å². The number of aliphatic carboxylic acids is 1. The van der Waals surface area contributed by atoms with E-state index in [1.54, 1.807) is 4.90 Å². The van der Waals surface area contributed by atoms with Gasteiger partial charge >= 0.3 is 5.97 Å². The SMILES string of the molecule is CC(C)CCNC(=O)CN(CC(=O)O)C(C)(C)C. The summed E-state index contributed by atoms with van der Waals surface area (Å²) in [4.78, 5) is 24.1. The zero-order chi connectivity index (χ0) is 14.3. The Bertz CT molecular complexity index is 282. The molecule has 18 heavy (non-hydrogen) atoms. The maximum atomic E-state index is 11.7. The number of carboxylic acids is 1. The van der Waals surface area contributed by atoms with Gasteiger partial charge < -0.3 is 10.4 Å². The topological polar surface area (TPSA) is 69.6 Å². The van der Waals surface area contributed by atoms with Crippen molar-refractivity contribution in [3.05, 3.63) is 0 Å². The van der Waals surface area contributed by atoms with E-state index in [-0.39, 0.29) is 24.5 Å². The predicted octanol–water partition coefficient (Wildman–Crippen LogP) is 1.33. The van der Waals surface area contributed by atoms with Crippen molar-refractivity contribution in [1.82, 2.24) is 10.2 Å². The summed E-state index contributed by atoms with van der Waals surface area (Å²) in [6, 6.07) is 0. The first-order valence-electron chi connectivity index (χ1n) is 6.36. The van der Waals surface area contributed by atoms with E-state index in [4.69, 9.17) is 5.11 Å². The van der Waals surface area contributed by atoms with Gasteiger partial charge in [-0.1, -0.05) is 13.8 Å². The molecule has 0 radical (unpaired) electrons. The minimum atomic E-state index is -0.917. The molecule has 1 amide bonds. The van der Waals surface area contributed by atoms with E-state index in [2.05, 4.69) is 19.2 Å². The molecule has 0 bridgehead atoms. The van der Waals surface area contributed by atoms with Crippen LogP contribution in [-0.2, 0) is 9.59 Å². The molecule has 0 rings (SSSR count). The molecule has 0 spiro atoms. The van der Waals surface area contributed by atoms with E-state index in [0.29, 0.717) is 12.5 Å². The molecule has 0 unspecified atom stereocenters. The molecule has 0 saturated heterocycles. The minimum absolute atomic E-state index is 0.119. The number of hydrogen-bond acceptors (Lipinski definition) is 3. The molecule has 0 aromatic heterocycles. The molecule has 5 nitrogen and oxygen atoms in total. The lowest BCUT2D eigenvalue weighted by Gasteiger charge is -2.33. The summed E-state index contributed by atoms with van der Waals surface area (Å²) in [5.74, 6) is -0.491. The molecular weight excluding hydrogens is 232 g/mol. The molecule has 0 aromatic rings. The predicted molar refractivity (Wildman–Crippen MR) is 71.4 cm³/mol. The third kappa shape index (κ3) is 8.06. The molecule has 106 valence electrons. The zero-order valence-electron chi connectivity index (χ0n) is 12.1. The van der Waals surface area contributed by atoms with Crippen LogP contribution >= 0.6 is 0 Å². The van der Waals surface area contributed by atoms with Crippen molar-refractivity contribution in [2.75, 3.05) is 19.6 Å². The van der Waals surface area contributed by atoms with Crippen molar-refractivity contribution >= 4 is 11.9 Å². The summed E-state index contributed by atoms with van der Waals surface area (Å²) in [5, 5.41) is 11.7. The van der Waals surface area contributed by atoms with Crippen molar-refractivity contribution in [2.24, 2.45) is 5.92 Å². The Balaban J connectivity index is 4.24. The molecule has 0 fully saturated rings. The van der Waals surface area contributed by atoms with Gasteiger partial charge in [-0.05, 0) is 33.1 Å². The van der Waals surface area contributed by atoms with Crippen molar-refractivity contribution in [3.63, 3.8) is 0 Å². The second-order valence-electron chi connectivity index (χ2n) is 5.95. The molecule has 0 aliphatic heterocycles. The molecular formula is C13H26N2O3. The molecule has 0 saturated carbocycles. The Morgan fingerprint density at radius 2 is 1.78 bits per heavy atom. The lowest BCUT2D eigenvalue weighted by atomic mass is 10.1. The van der Waals surface area contributed by atoms with Gasteiger partial charge in [-0.15, -0.1) is 0 Å². The Morgan fingerprint density at radius 3 is 2.17 bits per heavy atom. The Labute approximate surface area is 110 Å². The lowest BCUT2D eigenvalue weighted by Crippen LogP contribution is -2.49. The van der Waals surface area contributed by atoms with Crippen LogP contribution in [0.15, 0.2) is 0 Å². The highest BCUT2D eigenvalue weighted by atomic mass is 16.4. The number of carbonyl (C=O) groups is 2. The normalized spacial score (nSPS) is 11.9. The minimum Gasteiger partial charge on any atom is -0.480 e. The van der Waals surface area contributed by atoms with Crippen molar-refractivity contribution in [1.29, 1.82) is 0 Å². The maximum absolute atomic E-state index is 11.7. The maximum Gasteiger partial charge on any atom is 0.317 e. The van der Waals surface area contributed by atoms with Crippen LogP contribution in [0, 0.1) is 5.92 Å². The van der Waals surface area contributed by atoms with E-state index in [0.717, 1.165) is 6.42 Å². The fourth-order valence-corrected chi connectivity index (χ4v) is 1.42. The van der Waals surface area contributed by atoms with Gasteiger partial charge in [0, 0.05) is 12.1 Å². The number of carbonyl (C=O) groups excluding carboxylic acids is 1. The number of carboxylic acid groups (broad SMARTS) is 1. The lowest BCUT2D eigenvalue weighted by molar-refractivity contribution is -0.140. The van der Waals surface area contributed by atoms with Crippen molar-refractivity contribution < 1.29 is 14.7 Å². The van der Waals surface area contributed by atoms with Crippen molar-refractivity contribution in [3.8, 4) is 0 Å². The summed E-state index contributed by atoms with van der Waals surface area (Å²) in [6.07, 6.45) is 0.931. The molecule has 0 aromatic carbocycles. The Kier molecular flexibility index (Phi) is 6.91. The van der Waals surface area contributed by atoms with Crippen LogP contribution in [0.3, 0.4) is 0 Å². The molecule has 0 aliphatic rings. The van der Waals surface area contributed by atoms with Gasteiger partial charge in [-0.2, -0.15) is 0 Å². The largest absolute Gasteiger partial charge is 0.480 e. The highest BCUT2D eigenvalue weighted by Crippen LogP contribution is 2.12. The van der Waals surface area contributed by atoms with Crippen LogP contribution in [0.5, 0.6) is 0 Å². The van der Waals surface area contributed by atoms with Gasteiger partial charge in [0.05, 0.1) is 13.1 Å². The van der Waals surface area contributed by atoms with Gasteiger partial charge in [0.25, 0.3) is 0 Å². The fourth-order valence-electron chi connectivity index (χ4n) is 1.42. The van der Waals surface area contributed by atoms with Gasteiger partial charge in [-0.3, -0.25) is 14.5 Å². The van der Waals surface area contributed by atoms with Crippen LogP contribution in [0.4, 0.5) is 0 Å². The van der Waals surface area contributed by atoms with Crippen LogP contribution in [0.1, 0.15) is 41.0 Å². The second-order valence-corrected chi connectivity index (χ2v) is 5.95. The van der Waals surface area contributed by atoms with E-state index >= 15 is 0 Å². The van der Waals surface area contributed by atoms with Gasteiger partial charge in [-0.25, -0.2) is 0 Å². The zero-order valence-corrected chi connectivity index (χ0v) is 12.1. The van der Waals surface area contributed by atoms with Crippen LogP contribution < -0.4 is 5.32 Å². The van der Waals surface area contributed by atoms with E-state index in [1.807, 2.05) is 20.8 Å². The first kappa shape index (κ1) is 16.9. The van der Waals surface area contributed by atoms with Crippen molar-refractivity contribution in [2.45, 2.75) is 46.6 Å². The van der Waals surface area contributed by atoms with E-state index < -0.39 is 5.97 Å². The summed E-state index contributed by atoms with van der Waals surface area (Å²) in [5.41, 5.74) is -0.340. The summed E-state index contributed by atoms with van der Waals surface area (Å²) < 4.78 is 0. The number of hydrogen-bond donors (Lipinski definition) is 2. The standard InChI is InChI=1S/C13H26N2O3/c1-10(2)6-7-14-11(16)8-15(9-12(17)18)13(3,4)5/h10H,6-9H2,1-5H3,(H,14,16)(H,17,18). The Morgan fingerprint density at radius 1 is 1.22 bits per heavy atom. The second kappa shape index (κ2) is 7.36. The monoisotopic (exact) mass is 258 g/mol. The molecule has 0 heterocycles. The average Bonchev–Trinajstić information content (AvgIpc) is 2.13. The van der Waals surface area contributed by atoms with Crippen LogP contribution in [-0.4, -0.2) is 47.1 Å². The fraction of sp³-hybridized carbons (Fsp3) is 0.846. The number of amides is 1. The highest BCUT2D eigenvalue weighted by molar-refractivity contribution is 5.79. The third-order valence-electron chi connectivity index (χ3n) is 2.65. The number of rotatable bonds is 7. The summed E-state index contributed by atoms with van der Waals surface area (Å²) >= 11 is 0. The van der Waals surface area contributed by atoms with Crippen LogP contribution in [0.25, 0.3) is 0 Å². The first-order chi connectivity index (χ1) is 8.12. The number of nitrogens with zero attached hydrogens (tertiary/aromatic N) is 1. The van der Waals surface area contributed by atoms with Gasteiger partial charge in [0.2, 0.25) is 5.91 Å². The van der Waals surface area contributed by atoms with Gasteiger partial charge in [0.15, 0.2) is 0 Å². The molecule has 2 N–H and O–H groups in total. The van der Waals surface area contributed by atoms with E-state index in [1.165, 1.54) is 0 Å². The highest BCUT2D eigenvalue weighted by Gasteiger charge is 2.25. The quantitative estimate of drug-likeness (QED) is 0.723. The average molecular weight is 258 g/mol. The molecule has 5 heteroatoms. The summed E-state index contributed by atoms with van der Waals surface area (Å²) in [6.45, 7) is 10.5. The number of nitrogens with one attached hydrogen (secondary N) is 1. The summed E-state index contributed by atoms with van der Waals surface area (Å²) in [7, 11) is 0. The van der Waals surface area contributed by atoms with Gasteiger partial charge in [0.1, 0.15) is 0 Å². The third-order valence-corrected chi connectivity index (χ3v) is 2.65.